The van der Waals surface area contributed by atoms with Gasteiger partial charge in [0.1, 0.15) is 11.6 Å². The van der Waals surface area contributed by atoms with Crippen molar-refractivity contribution < 1.29 is 4.74 Å². The molecule has 1 rings (SSSR count). The maximum atomic E-state index is 6.16. The molecule has 108 valence electrons. The Labute approximate surface area is 124 Å². The molecule has 0 amide bonds. The van der Waals surface area contributed by atoms with Crippen molar-refractivity contribution in [3.63, 3.8) is 0 Å². The Balaban J connectivity index is 2.86. The number of anilines is 2. The first-order valence-corrected chi connectivity index (χ1v) is 7.23. The van der Waals surface area contributed by atoms with E-state index in [1.807, 2.05) is 0 Å². The van der Waals surface area contributed by atoms with E-state index in [9.17, 15) is 0 Å². The van der Waals surface area contributed by atoms with Gasteiger partial charge < -0.3 is 15.4 Å². The highest BCUT2D eigenvalue weighted by atomic mass is 35.5. The van der Waals surface area contributed by atoms with Crippen LogP contribution in [0.2, 0.25) is 10.0 Å². The molecule has 0 aliphatic heterocycles. The van der Waals surface area contributed by atoms with Crippen molar-refractivity contribution in [2.24, 2.45) is 0 Å². The van der Waals surface area contributed by atoms with Crippen LogP contribution in [0, 0.1) is 0 Å². The van der Waals surface area contributed by atoms with Crippen molar-refractivity contribution in [2.75, 3.05) is 30.9 Å². The number of hydrogen-bond donors (Lipinski definition) is 2. The second-order valence-electron chi connectivity index (χ2n) is 4.28. The zero-order valence-electron chi connectivity index (χ0n) is 11.6. The number of nitrogens with zero attached hydrogens (tertiary/aromatic N) is 1. The molecular formula is C13H21Cl2N3O. The van der Waals surface area contributed by atoms with Gasteiger partial charge in [-0.15, -0.1) is 0 Å². The van der Waals surface area contributed by atoms with Gasteiger partial charge in [0, 0.05) is 13.7 Å². The van der Waals surface area contributed by atoms with Crippen LogP contribution in [0.15, 0.2) is 6.07 Å². The van der Waals surface area contributed by atoms with Gasteiger partial charge in [-0.1, -0.05) is 37.0 Å². The summed E-state index contributed by atoms with van der Waals surface area (Å²) < 4.78 is 5.15. The summed E-state index contributed by atoms with van der Waals surface area (Å²) in [6, 6.07) is 1.88. The highest BCUT2D eigenvalue weighted by molar-refractivity contribution is 6.37. The summed E-state index contributed by atoms with van der Waals surface area (Å²) in [7, 11) is 1.68. The van der Waals surface area contributed by atoms with Crippen LogP contribution in [0.3, 0.4) is 0 Å². The van der Waals surface area contributed by atoms with Gasteiger partial charge in [0.05, 0.1) is 22.7 Å². The zero-order chi connectivity index (χ0) is 14.3. The minimum Gasteiger partial charge on any atom is -0.383 e. The Morgan fingerprint density at radius 1 is 1.26 bits per heavy atom. The Bertz CT molecular complexity index is 402. The van der Waals surface area contributed by atoms with E-state index in [1.165, 1.54) is 0 Å². The molecule has 0 radical (unpaired) electrons. The molecule has 2 N–H and O–H groups in total. The molecule has 19 heavy (non-hydrogen) atoms. The fraction of sp³-hybridized carbons (Fsp3) is 0.615. The van der Waals surface area contributed by atoms with E-state index in [-0.39, 0.29) is 6.04 Å². The number of ether oxygens (including phenoxy) is 1. The predicted octanol–water partition coefficient (Wildman–Crippen LogP) is 4.05. The highest BCUT2D eigenvalue weighted by Crippen LogP contribution is 2.29. The lowest BCUT2D eigenvalue weighted by Gasteiger charge is -2.18. The van der Waals surface area contributed by atoms with Gasteiger partial charge in [0.25, 0.3) is 0 Å². The van der Waals surface area contributed by atoms with Crippen LogP contribution in [-0.2, 0) is 4.74 Å². The van der Waals surface area contributed by atoms with Crippen LogP contribution >= 0.6 is 23.2 Å². The third-order valence-electron chi connectivity index (χ3n) is 2.67. The van der Waals surface area contributed by atoms with Crippen molar-refractivity contribution in [3.8, 4) is 0 Å². The average molecular weight is 306 g/mol. The second-order valence-corrected chi connectivity index (χ2v) is 5.10. The number of rotatable bonds is 8. The summed E-state index contributed by atoms with van der Waals surface area (Å²) in [6.45, 7) is 5.59. The molecule has 4 nitrogen and oxygen atoms in total. The SMILES string of the molecule is CCCNc1nc(NC(CC)COC)c(Cl)cc1Cl. The maximum absolute atomic E-state index is 6.16. The molecule has 0 saturated carbocycles. The van der Waals surface area contributed by atoms with Crippen molar-refractivity contribution >= 4 is 34.8 Å². The van der Waals surface area contributed by atoms with Gasteiger partial charge in [-0.05, 0) is 18.9 Å². The van der Waals surface area contributed by atoms with Crippen LogP contribution in [0.25, 0.3) is 0 Å². The molecule has 0 aliphatic carbocycles. The molecule has 0 bridgehead atoms. The van der Waals surface area contributed by atoms with Crippen LogP contribution in [0.1, 0.15) is 26.7 Å². The fourth-order valence-corrected chi connectivity index (χ4v) is 2.07. The predicted molar refractivity (Wildman–Crippen MR) is 82.6 cm³/mol. The number of pyridine rings is 1. The molecule has 0 aliphatic rings. The Morgan fingerprint density at radius 3 is 2.53 bits per heavy atom. The summed E-state index contributed by atoms with van der Waals surface area (Å²) in [4.78, 5) is 4.44. The van der Waals surface area contributed by atoms with E-state index in [4.69, 9.17) is 27.9 Å². The van der Waals surface area contributed by atoms with E-state index in [1.54, 1.807) is 13.2 Å². The first-order valence-electron chi connectivity index (χ1n) is 6.47. The highest BCUT2D eigenvalue weighted by Gasteiger charge is 2.12. The van der Waals surface area contributed by atoms with Crippen molar-refractivity contribution in [1.29, 1.82) is 0 Å². The van der Waals surface area contributed by atoms with Crippen LogP contribution in [0.4, 0.5) is 11.6 Å². The minimum absolute atomic E-state index is 0.176. The van der Waals surface area contributed by atoms with Gasteiger partial charge in [-0.3, -0.25) is 0 Å². The number of methoxy groups -OCH3 is 1. The summed E-state index contributed by atoms with van der Waals surface area (Å²) >= 11 is 12.3. The summed E-state index contributed by atoms with van der Waals surface area (Å²) in [5.41, 5.74) is 0. The maximum Gasteiger partial charge on any atom is 0.147 e. The lowest BCUT2D eigenvalue weighted by atomic mass is 10.2. The van der Waals surface area contributed by atoms with Gasteiger partial charge in [0.2, 0.25) is 0 Å². The monoisotopic (exact) mass is 305 g/mol. The molecule has 0 fully saturated rings. The van der Waals surface area contributed by atoms with E-state index in [0.717, 1.165) is 19.4 Å². The van der Waals surface area contributed by atoms with E-state index >= 15 is 0 Å². The third kappa shape index (κ3) is 5.05. The Morgan fingerprint density at radius 2 is 1.95 bits per heavy atom. The molecule has 0 spiro atoms. The summed E-state index contributed by atoms with van der Waals surface area (Å²) in [5.74, 6) is 1.29. The first-order chi connectivity index (χ1) is 9.12. The van der Waals surface area contributed by atoms with Crippen molar-refractivity contribution in [1.82, 2.24) is 4.98 Å². The molecule has 6 heteroatoms. The molecule has 1 atom stereocenters. The number of nitrogens with one attached hydrogen (secondary N) is 2. The van der Waals surface area contributed by atoms with Crippen molar-refractivity contribution in [2.45, 2.75) is 32.7 Å². The molecular weight excluding hydrogens is 285 g/mol. The van der Waals surface area contributed by atoms with Crippen LogP contribution < -0.4 is 10.6 Å². The van der Waals surface area contributed by atoms with E-state index in [0.29, 0.717) is 28.3 Å². The van der Waals surface area contributed by atoms with Gasteiger partial charge in [-0.2, -0.15) is 0 Å². The Hall–Kier alpha value is -0.710. The molecule has 1 aromatic heterocycles. The first kappa shape index (κ1) is 16.3. The second kappa shape index (κ2) is 8.46. The molecule has 0 saturated heterocycles. The summed E-state index contributed by atoms with van der Waals surface area (Å²) in [5, 5.41) is 7.50. The van der Waals surface area contributed by atoms with Gasteiger partial charge in [-0.25, -0.2) is 4.98 Å². The molecule has 1 unspecified atom stereocenters. The normalized spacial score (nSPS) is 12.3. The quantitative estimate of drug-likeness (QED) is 0.760. The lowest BCUT2D eigenvalue weighted by molar-refractivity contribution is 0.184. The molecule has 1 aromatic rings. The Kier molecular flexibility index (Phi) is 7.28. The van der Waals surface area contributed by atoms with Crippen LogP contribution in [0.5, 0.6) is 0 Å². The minimum atomic E-state index is 0.176. The standard InChI is InChI=1S/C13H21Cl2N3O/c1-4-6-16-12-10(14)7-11(15)13(18-12)17-9(5-2)8-19-3/h7,9H,4-6,8H2,1-3H3,(H2,16,17,18). The molecule has 0 aromatic carbocycles. The number of hydrogen-bond acceptors (Lipinski definition) is 4. The van der Waals surface area contributed by atoms with E-state index < -0.39 is 0 Å². The topological polar surface area (TPSA) is 46.2 Å². The van der Waals surface area contributed by atoms with Crippen LogP contribution in [-0.4, -0.2) is 31.3 Å². The fourth-order valence-electron chi connectivity index (χ4n) is 1.59. The smallest absolute Gasteiger partial charge is 0.147 e. The zero-order valence-corrected chi connectivity index (χ0v) is 13.1. The van der Waals surface area contributed by atoms with Gasteiger partial charge in [0.15, 0.2) is 0 Å². The van der Waals surface area contributed by atoms with Gasteiger partial charge >= 0.3 is 0 Å². The lowest BCUT2D eigenvalue weighted by Crippen LogP contribution is -2.24. The van der Waals surface area contributed by atoms with E-state index in [2.05, 4.69) is 29.5 Å². The number of aromatic nitrogens is 1. The third-order valence-corrected chi connectivity index (χ3v) is 3.25. The largest absolute Gasteiger partial charge is 0.383 e. The average Bonchev–Trinajstić information content (AvgIpc) is 2.39. The number of halogens is 2. The molecule has 1 heterocycles. The summed E-state index contributed by atoms with van der Waals surface area (Å²) in [6.07, 6.45) is 1.93. The van der Waals surface area contributed by atoms with Crippen molar-refractivity contribution in [3.05, 3.63) is 16.1 Å².